The summed E-state index contributed by atoms with van der Waals surface area (Å²) < 4.78 is 18.1. The summed E-state index contributed by atoms with van der Waals surface area (Å²) >= 11 is 0. The standard InChI is InChI=1S/C17H18FN7O/c1-12-10-15(23-26-12)20-16-11-19-22-17(21-16)25-8-6-24(7-9-25)14-4-2-13(18)3-5-14/h2-5,10-11H,6-9H2,1H3,(H,20,21,22,23). The Hall–Kier alpha value is -3.23. The van der Waals surface area contributed by atoms with Crippen molar-refractivity contribution >= 4 is 23.3 Å². The highest BCUT2D eigenvalue weighted by Gasteiger charge is 2.20. The van der Waals surface area contributed by atoms with Crippen LogP contribution < -0.4 is 15.1 Å². The van der Waals surface area contributed by atoms with Crippen molar-refractivity contribution in [1.29, 1.82) is 0 Å². The number of aryl methyl sites for hydroxylation is 1. The molecule has 1 saturated heterocycles. The molecule has 0 spiro atoms. The van der Waals surface area contributed by atoms with Gasteiger partial charge in [0.1, 0.15) is 11.6 Å². The number of aromatic nitrogens is 4. The van der Waals surface area contributed by atoms with E-state index in [1.54, 1.807) is 24.4 Å². The van der Waals surface area contributed by atoms with Gasteiger partial charge in [0.2, 0.25) is 5.95 Å². The van der Waals surface area contributed by atoms with Crippen molar-refractivity contribution in [3.63, 3.8) is 0 Å². The van der Waals surface area contributed by atoms with E-state index in [-0.39, 0.29) is 5.82 Å². The molecule has 1 N–H and O–H groups in total. The van der Waals surface area contributed by atoms with Crippen LogP contribution in [0, 0.1) is 12.7 Å². The molecule has 0 bridgehead atoms. The van der Waals surface area contributed by atoms with Crippen LogP contribution in [0.2, 0.25) is 0 Å². The van der Waals surface area contributed by atoms with Crippen LogP contribution in [0.15, 0.2) is 41.1 Å². The first-order chi connectivity index (χ1) is 12.7. The van der Waals surface area contributed by atoms with E-state index >= 15 is 0 Å². The van der Waals surface area contributed by atoms with Crippen LogP contribution in [-0.4, -0.2) is 46.5 Å². The normalized spacial score (nSPS) is 14.5. The van der Waals surface area contributed by atoms with Crippen LogP contribution >= 0.6 is 0 Å². The molecule has 1 aliphatic heterocycles. The molecule has 4 rings (SSSR count). The average Bonchev–Trinajstić information content (AvgIpc) is 3.07. The van der Waals surface area contributed by atoms with E-state index in [0.29, 0.717) is 23.3 Å². The number of anilines is 4. The van der Waals surface area contributed by atoms with Gasteiger partial charge in [-0.05, 0) is 31.2 Å². The molecule has 0 radical (unpaired) electrons. The Morgan fingerprint density at radius 3 is 2.46 bits per heavy atom. The van der Waals surface area contributed by atoms with Gasteiger partial charge in [-0.15, -0.1) is 5.10 Å². The largest absolute Gasteiger partial charge is 0.368 e. The summed E-state index contributed by atoms with van der Waals surface area (Å²) in [5, 5.41) is 15.1. The third-order valence-corrected chi connectivity index (χ3v) is 4.19. The minimum atomic E-state index is -0.224. The predicted octanol–water partition coefficient (Wildman–Crippen LogP) is 2.38. The zero-order valence-corrected chi connectivity index (χ0v) is 14.3. The van der Waals surface area contributed by atoms with Gasteiger partial charge in [-0.2, -0.15) is 10.1 Å². The highest BCUT2D eigenvalue weighted by Crippen LogP contribution is 2.20. The monoisotopic (exact) mass is 355 g/mol. The first-order valence-corrected chi connectivity index (χ1v) is 8.33. The number of piperazine rings is 1. The quantitative estimate of drug-likeness (QED) is 0.764. The molecule has 8 nitrogen and oxygen atoms in total. The molecule has 2 aromatic heterocycles. The summed E-state index contributed by atoms with van der Waals surface area (Å²) in [4.78, 5) is 8.79. The Balaban J connectivity index is 1.41. The Labute approximate surface area is 149 Å². The van der Waals surface area contributed by atoms with Crippen molar-refractivity contribution in [3.8, 4) is 0 Å². The number of hydrogen-bond acceptors (Lipinski definition) is 8. The second kappa shape index (κ2) is 6.95. The molecule has 1 aliphatic rings. The zero-order chi connectivity index (χ0) is 17.9. The molecule has 3 aromatic rings. The van der Waals surface area contributed by atoms with Gasteiger partial charge < -0.3 is 19.6 Å². The fourth-order valence-electron chi connectivity index (χ4n) is 2.86. The van der Waals surface area contributed by atoms with Crippen LogP contribution in [0.4, 0.5) is 27.7 Å². The molecule has 0 saturated carbocycles. The molecule has 134 valence electrons. The summed E-state index contributed by atoms with van der Waals surface area (Å²) in [5.41, 5.74) is 1.02. The molecule has 3 heterocycles. The lowest BCUT2D eigenvalue weighted by Gasteiger charge is -2.35. The second-order valence-electron chi connectivity index (χ2n) is 6.04. The maximum Gasteiger partial charge on any atom is 0.247 e. The van der Waals surface area contributed by atoms with Crippen molar-refractivity contribution in [1.82, 2.24) is 20.3 Å². The number of nitrogens with one attached hydrogen (secondary N) is 1. The lowest BCUT2D eigenvalue weighted by atomic mass is 10.2. The van der Waals surface area contributed by atoms with Gasteiger partial charge in [-0.1, -0.05) is 5.16 Å². The van der Waals surface area contributed by atoms with Gasteiger partial charge in [0.15, 0.2) is 11.6 Å². The van der Waals surface area contributed by atoms with E-state index in [2.05, 4.69) is 35.5 Å². The van der Waals surface area contributed by atoms with Crippen molar-refractivity contribution in [3.05, 3.63) is 48.1 Å². The molecule has 0 unspecified atom stereocenters. The minimum Gasteiger partial charge on any atom is -0.368 e. The third-order valence-electron chi connectivity index (χ3n) is 4.19. The smallest absolute Gasteiger partial charge is 0.247 e. The van der Waals surface area contributed by atoms with E-state index in [0.717, 1.165) is 31.9 Å². The van der Waals surface area contributed by atoms with Crippen molar-refractivity contribution in [2.45, 2.75) is 6.92 Å². The Kier molecular flexibility index (Phi) is 4.34. The van der Waals surface area contributed by atoms with Crippen LogP contribution in [-0.2, 0) is 0 Å². The molecule has 9 heteroatoms. The zero-order valence-electron chi connectivity index (χ0n) is 14.3. The first kappa shape index (κ1) is 16.2. The first-order valence-electron chi connectivity index (χ1n) is 8.33. The summed E-state index contributed by atoms with van der Waals surface area (Å²) in [6, 6.07) is 8.34. The van der Waals surface area contributed by atoms with Gasteiger partial charge in [0.05, 0.1) is 6.20 Å². The summed E-state index contributed by atoms with van der Waals surface area (Å²) in [6.45, 7) is 4.93. The van der Waals surface area contributed by atoms with Crippen molar-refractivity contribution in [2.75, 3.05) is 41.3 Å². The topological polar surface area (TPSA) is 83.2 Å². The fraction of sp³-hybridized carbons (Fsp3) is 0.294. The van der Waals surface area contributed by atoms with Crippen molar-refractivity contribution < 1.29 is 8.91 Å². The van der Waals surface area contributed by atoms with Crippen LogP contribution in [0.1, 0.15) is 5.76 Å². The molecule has 0 atom stereocenters. The number of nitrogens with zero attached hydrogens (tertiary/aromatic N) is 6. The summed E-state index contributed by atoms with van der Waals surface area (Å²) in [7, 11) is 0. The average molecular weight is 355 g/mol. The van der Waals surface area contributed by atoms with Crippen molar-refractivity contribution in [2.24, 2.45) is 0 Å². The number of halogens is 1. The highest BCUT2D eigenvalue weighted by atomic mass is 19.1. The maximum atomic E-state index is 13.1. The molecule has 1 fully saturated rings. The maximum absolute atomic E-state index is 13.1. The molecule has 0 amide bonds. The number of benzene rings is 1. The lowest BCUT2D eigenvalue weighted by Crippen LogP contribution is -2.47. The highest BCUT2D eigenvalue weighted by molar-refractivity contribution is 5.52. The Morgan fingerprint density at radius 2 is 1.77 bits per heavy atom. The molecular formula is C17H18FN7O. The Morgan fingerprint density at radius 1 is 1.04 bits per heavy atom. The summed E-state index contributed by atoms with van der Waals surface area (Å²) in [6.07, 6.45) is 1.54. The molecule has 26 heavy (non-hydrogen) atoms. The fourth-order valence-corrected chi connectivity index (χ4v) is 2.86. The van der Waals surface area contributed by atoms with Crippen LogP contribution in [0.5, 0.6) is 0 Å². The van der Waals surface area contributed by atoms with E-state index in [4.69, 9.17) is 4.52 Å². The molecule has 0 aliphatic carbocycles. The second-order valence-corrected chi connectivity index (χ2v) is 6.04. The van der Waals surface area contributed by atoms with Crippen LogP contribution in [0.3, 0.4) is 0 Å². The van der Waals surface area contributed by atoms with Gasteiger partial charge in [-0.3, -0.25) is 0 Å². The number of rotatable bonds is 4. The van der Waals surface area contributed by atoms with Crippen LogP contribution in [0.25, 0.3) is 0 Å². The Bertz CT molecular complexity index is 875. The molecular weight excluding hydrogens is 337 g/mol. The summed E-state index contributed by atoms with van der Waals surface area (Å²) in [5.74, 6) is 2.19. The lowest BCUT2D eigenvalue weighted by molar-refractivity contribution is 0.400. The SMILES string of the molecule is Cc1cc(Nc2cnnc(N3CCN(c4ccc(F)cc4)CC3)n2)no1. The number of hydrogen-bond donors (Lipinski definition) is 1. The van der Waals surface area contributed by atoms with E-state index in [9.17, 15) is 4.39 Å². The predicted molar refractivity (Wildman–Crippen MR) is 95.2 cm³/mol. The van der Waals surface area contributed by atoms with E-state index < -0.39 is 0 Å². The van der Waals surface area contributed by atoms with Gasteiger partial charge in [-0.25, -0.2) is 4.39 Å². The van der Waals surface area contributed by atoms with E-state index in [1.807, 2.05) is 6.92 Å². The minimum absolute atomic E-state index is 0.224. The molecule has 1 aromatic carbocycles. The third kappa shape index (κ3) is 3.56. The van der Waals surface area contributed by atoms with Gasteiger partial charge >= 0.3 is 0 Å². The van der Waals surface area contributed by atoms with E-state index in [1.165, 1.54) is 12.1 Å². The van der Waals surface area contributed by atoms with Gasteiger partial charge in [0, 0.05) is 37.9 Å². The van der Waals surface area contributed by atoms with Gasteiger partial charge in [0.25, 0.3) is 0 Å².